The summed E-state index contributed by atoms with van der Waals surface area (Å²) in [6.45, 7) is 4.24. The molecule has 1 rings (SSSR count). The SMILES string of the molecule is CC(C)Nc1cc[c]cc1. The molecule has 10 heavy (non-hydrogen) atoms. The molecule has 0 atom stereocenters. The minimum absolute atomic E-state index is 0.502. The summed E-state index contributed by atoms with van der Waals surface area (Å²) in [5, 5.41) is 3.28. The van der Waals surface area contributed by atoms with Gasteiger partial charge in [-0.15, -0.1) is 0 Å². The first kappa shape index (κ1) is 7.13. The normalized spacial score (nSPS) is 9.90. The average molecular weight is 134 g/mol. The molecule has 0 aliphatic carbocycles. The van der Waals surface area contributed by atoms with Crippen molar-refractivity contribution in [2.75, 3.05) is 5.32 Å². The first-order valence-corrected chi connectivity index (χ1v) is 3.51. The van der Waals surface area contributed by atoms with Gasteiger partial charge in [0.05, 0.1) is 0 Å². The highest BCUT2D eigenvalue weighted by atomic mass is 14.9. The molecule has 0 aromatic heterocycles. The van der Waals surface area contributed by atoms with Crippen LogP contribution in [0, 0.1) is 6.07 Å². The number of rotatable bonds is 2. The Kier molecular flexibility index (Phi) is 2.32. The molecule has 0 spiro atoms. The molecule has 53 valence electrons. The summed E-state index contributed by atoms with van der Waals surface area (Å²) in [6.07, 6.45) is 0. The Bertz CT molecular complexity index is 179. The second-order valence-electron chi connectivity index (χ2n) is 2.59. The summed E-state index contributed by atoms with van der Waals surface area (Å²) in [4.78, 5) is 0. The van der Waals surface area contributed by atoms with E-state index in [1.165, 1.54) is 0 Å². The Morgan fingerprint density at radius 2 is 1.90 bits per heavy atom. The summed E-state index contributed by atoms with van der Waals surface area (Å²) < 4.78 is 0. The molecule has 0 heterocycles. The fourth-order valence-corrected chi connectivity index (χ4v) is 0.816. The number of nitrogens with one attached hydrogen (secondary N) is 1. The Hall–Kier alpha value is -0.980. The summed E-state index contributed by atoms with van der Waals surface area (Å²) in [5.41, 5.74) is 1.16. The second-order valence-corrected chi connectivity index (χ2v) is 2.59. The van der Waals surface area contributed by atoms with E-state index < -0.39 is 0 Å². The van der Waals surface area contributed by atoms with Crippen LogP contribution in [-0.2, 0) is 0 Å². The monoisotopic (exact) mass is 134 g/mol. The van der Waals surface area contributed by atoms with Crippen LogP contribution < -0.4 is 5.32 Å². The van der Waals surface area contributed by atoms with Gasteiger partial charge in [0, 0.05) is 11.7 Å². The highest BCUT2D eigenvalue weighted by Gasteiger charge is 1.90. The van der Waals surface area contributed by atoms with Gasteiger partial charge in [-0.3, -0.25) is 0 Å². The van der Waals surface area contributed by atoms with E-state index in [-0.39, 0.29) is 0 Å². The third-order valence-electron chi connectivity index (χ3n) is 1.17. The summed E-state index contributed by atoms with van der Waals surface area (Å²) in [7, 11) is 0. The zero-order valence-electron chi connectivity index (χ0n) is 6.39. The van der Waals surface area contributed by atoms with Gasteiger partial charge in [-0.2, -0.15) is 0 Å². The standard InChI is InChI=1S/C9H12N/c1-8(2)10-9-6-4-3-5-7-9/h4-8,10H,1-2H3. The molecule has 0 fully saturated rings. The maximum Gasteiger partial charge on any atom is 0.0342 e. The molecular formula is C9H12N. The van der Waals surface area contributed by atoms with Gasteiger partial charge >= 0.3 is 0 Å². The Balaban J connectivity index is 2.59. The van der Waals surface area contributed by atoms with Crippen LogP contribution in [0.4, 0.5) is 5.69 Å². The highest BCUT2D eigenvalue weighted by Crippen LogP contribution is 2.05. The molecule has 0 unspecified atom stereocenters. The smallest absolute Gasteiger partial charge is 0.0342 e. The van der Waals surface area contributed by atoms with Crippen molar-refractivity contribution in [1.82, 2.24) is 0 Å². The number of hydrogen-bond acceptors (Lipinski definition) is 1. The molecule has 0 aliphatic heterocycles. The van der Waals surface area contributed by atoms with Crippen LogP contribution in [0.25, 0.3) is 0 Å². The minimum Gasteiger partial charge on any atom is -0.383 e. The van der Waals surface area contributed by atoms with E-state index in [4.69, 9.17) is 0 Å². The van der Waals surface area contributed by atoms with E-state index in [9.17, 15) is 0 Å². The molecule has 1 N–H and O–H groups in total. The Labute approximate surface area is 62.1 Å². The van der Waals surface area contributed by atoms with Crippen molar-refractivity contribution in [3.63, 3.8) is 0 Å². The molecule has 1 heteroatoms. The Morgan fingerprint density at radius 1 is 1.30 bits per heavy atom. The van der Waals surface area contributed by atoms with Crippen molar-refractivity contribution in [1.29, 1.82) is 0 Å². The lowest BCUT2D eigenvalue weighted by molar-refractivity contribution is 0.900. The van der Waals surface area contributed by atoms with Gasteiger partial charge < -0.3 is 5.32 Å². The topological polar surface area (TPSA) is 12.0 Å². The molecule has 0 aliphatic rings. The molecule has 0 bridgehead atoms. The zero-order valence-corrected chi connectivity index (χ0v) is 6.39. The van der Waals surface area contributed by atoms with Crippen LogP contribution in [-0.4, -0.2) is 6.04 Å². The average Bonchev–Trinajstić information content (AvgIpc) is 1.88. The van der Waals surface area contributed by atoms with Crippen LogP contribution in [0.15, 0.2) is 24.3 Å². The van der Waals surface area contributed by atoms with Crippen LogP contribution in [0.1, 0.15) is 13.8 Å². The fourth-order valence-electron chi connectivity index (χ4n) is 0.816. The van der Waals surface area contributed by atoms with Crippen LogP contribution in [0.3, 0.4) is 0 Å². The van der Waals surface area contributed by atoms with Crippen molar-refractivity contribution < 1.29 is 0 Å². The van der Waals surface area contributed by atoms with Crippen molar-refractivity contribution in [3.05, 3.63) is 30.3 Å². The van der Waals surface area contributed by atoms with Crippen molar-refractivity contribution >= 4 is 5.69 Å². The van der Waals surface area contributed by atoms with E-state index >= 15 is 0 Å². The van der Waals surface area contributed by atoms with Crippen molar-refractivity contribution in [2.24, 2.45) is 0 Å². The van der Waals surface area contributed by atoms with Gasteiger partial charge in [0.2, 0.25) is 0 Å². The third-order valence-corrected chi connectivity index (χ3v) is 1.17. The van der Waals surface area contributed by atoms with Crippen molar-refractivity contribution in [3.8, 4) is 0 Å². The summed E-state index contributed by atoms with van der Waals surface area (Å²) in [5.74, 6) is 0. The summed E-state index contributed by atoms with van der Waals surface area (Å²) >= 11 is 0. The first-order chi connectivity index (χ1) is 4.79. The number of benzene rings is 1. The van der Waals surface area contributed by atoms with Gasteiger partial charge in [0.15, 0.2) is 0 Å². The molecular weight excluding hydrogens is 122 g/mol. The van der Waals surface area contributed by atoms with E-state index in [0.717, 1.165) is 5.69 Å². The molecule has 1 aromatic rings. The molecule has 0 saturated heterocycles. The maximum absolute atomic E-state index is 3.28. The van der Waals surface area contributed by atoms with Gasteiger partial charge in [-0.1, -0.05) is 12.1 Å². The van der Waals surface area contributed by atoms with E-state index in [0.29, 0.717) is 6.04 Å². The lowest BCUT2D eigenvalue weighted by atomic mass is 10.3. The van der Waals surface area contributed by atoms with Crippen molar-refractivity contribution in [2.45, 2.75) is 19.9 Å². The third kappa shape index (κ3) is 2.09. The van der Waals surface area contributed by atoms with Gasteiger partial charge in [0.25, 0.3) is 0 Å². The van der Waals surface area contributed by atoms with E-state index in [2.05, 4.69) is 25.2 Å². The summed E-state index contributed by atoms with van der Waals surface area (Å²) in [6, 6.07) is 11.3. The number of anilines is 1. The van der Waals surface area contributed by atoms with Gasteiger partial charge in [-0.05, 0) is 32.0 Å². The largest absolute Gasteiger partial charge is 0.383 e. The molecule has 1 nitrogen and oxygen atoms in total. The number of hydrogen-bond donors (Lipinski definition) is 1. The predicted octanol–water partition coefficient (Wildman–Crippen LogP) is 2.31. The molecule has 1 aromatic carbocycles. The molecule has 0 saturated carbocycles. The lowest BCUT2D eigenvalue weighted by Gasteiger charge is -2.08. The van der Waals surface area contributed by atoms with Crippen LogP contribution in [0.2, 0.25) is 0 Å². The first-order valence-electron chi connectivity index (χ1n) is 3.51. The Morgan fingerprint density at radius 3 is 2.40 bits per heavy atom. The van der Waals surface area contributed by atoms with Crippen LogP contribution in [0.5, 0.6) is 0 Å². The van der Waals surface area contributed by atoms with E-state index in [1.807, 2.05) is 24.3 Å². The highest BCUT2D eigenvalue weighted by molar-refractivity contribution is 5.42. The zero-order chi connectivity index (χ0) is 7.40. The van der Waals surface area contributed by atoms with Crippen LogP contribution >= 0.6 is 0 Å². The predicted molar refractivity (Wildman–Crippen MR) is 44.0 cm³/mol. The minimum atomic E-state index is 0.502. The van der Waals surface area contributed by atoms with Gasteiger partial charge in [-0.25, -0.2) is 0 Å². The maximum atomic E-state index is 3.28. The quantitative estimate of drug-likeness (QED) is 0.654. The molecule has 0 amide bonds. The lowest BCUT2D eigenvalue weighted by Crippen LogP contribution is -2.08. The van der Waals surface area contributed by atoms with Gasteiger partial charge in [0.1, 0.15) is 0 Å². The molecule has 1 radical (unpaired) electrons. The van der Waals surface area contributed by atoms with E-state index in [1.54, 1.807) is 0 Å². The second kappa shape index (κ2) is 3.25. The fraction of sp³-hybridized carbons (Fsp3) is 0.333.